The Kier molecular flexibility index (Phi) is 5.53. The molecule has 0 saturated carbocycles. The molecule has 24 heavy (non-hydrogen) atoms. The van der Waals surface area contributed by atoms with Gasteiger partial charge in [0.1, 0.15) is 11.8 Å². The van der Waals surface area contributed by atoms with Gasteiger partial charge in [-0.1, -0.05) is 30.3 Å². The van der Waals surface area contributed by atoms with Crippen LogP contribution in [0, 0.1) is 0 Å². The fourth-order valence-electron chi connectivity index (χ4n) is 3.01. The molecule has 0 unspecified atom stereocenters. The molecule has 1 N–H and O–H groups in total. The summed E-state index contributed by atoms with van der Waals surface area (Å²) in [6, 6.07) is 9.66. The summed E-state index contributed by atoms with van der Waals surface area (Å²) in [6.07, 6.45) is -1.02. The number of piperidine rings is 1. The summed E-state index contributed by atoms with van der Waals surface area (Å²) in [5.74, 6) is 0. The molecule has 5 heteroatoms. The summed E-state index contributed by atoms with van der Waals surface area (Å²) in [5, 5.41) is 3.30. The summed E-state index contributed by atoms with van der Waals surface area (Å²) in [7, 11) is 0. The van der Waals surface area contributed by atoms with Crippen molar-refractivity contribution in [3.63, 3.8) is 0 Å². The Bertz CT molecular complexity index is 554. The van der Waals surface area contributed by atoms with E-state index in [4.69, 9.17) is 4.74 Å². The van der Waals surface area contributed by atoms with Gasteiger partial charge in [-0.25, -0.2) is 9.18 Å². The van der Waals surface area contributed by atoms with Crippen LogP contribution in [0.5, 0.6) is 0 Å². The number of halogens is 1. The third kappa shape index (κ3) is 4.94. The molecule has 1 aliphatic heterocycles. The zero-order chi connectivity index (χ0) is 18.0. The number of ether oxygens (including phenoxy) is 1. The molecular formula is C19H29FN2O2. The van der Waals surface area contributed by atoms with E-state index in [1.807, 2.05) is 65.0 Å². The van der Waals surface area contributed by atoms with Crippen LogP contribution < -0.4 is 5.32 Å². The maximum absolute atomic E-state index is 14.6. The average molecular weight is 336 g/mol. The minimum atomic E-state index is -1.12. The Balaban J connectivity index is 1.99. The largest absolute Gasteiger partial charge is 0.444 e. The van der Waals surface area contributed by atoms with Crippen molar-refractivity contribution < 1.29 is 13.9 Å². The van der Waals surface area contributed by atoms with E-state index >= 15 is 0 Å². The van der Waals surface area contributed by atoms with E-state index in [1.165, 1.54) is 4.90 Å². The highest BCUT2D eigenvalue weighted by Gasteiger charge is 2.44. The normalized spacial score (nSPS) is 23.8. The number of amides is 1. The molecule has 2 rings (SSSR count). The Morgan fingerprint density at radius 3 is 2.54 bits per heavy atom. The predicted octanol–water partition coefficient (Wildman–Crippen LogP) is 3.90. The van der Waals surface area contributed by atoms with Crippen molar-refractivity contribution >= 4 is 6.09 Å². The van der Waals surface area contributed by atoms with Gasteiger partial charge in [0.25, 0.3) is 0 Å². The van der Waals surface area contributed by atoms with Crippen molar-refractivity contribution in [1.82, 2.24) is 10.2 Å². The van der Waals surface area contributed by atoms with Gasteiger partial charge in [-0.2, -0.15) is 0 Å². The summed E-state index contributed by atoms with van der Waals surface area (Å²) in [6.45, 7) is 10.0. The van der Waals surface area contributed by atoms with Gasteiger partial charge in [-0.15, -0.1) is 0 Å². The summed E-state index contributed by atoms with van der Waals surface area (Å²) in [5.41, 5.74) is 0.0813. The van der Waals surface area contributed by atoms with E-state index in [9.17, 15) is 9.18 Å². The molecule has 1 aliphatic rings. The summed E-state index contributed by atoms with van der Waals surface area (Å²) in [4.78, 5) is 13.9. The van der Waals surface area contributed by atoms with Crippen LogP contribution in [0.1, 0.15) is 46.6 Å². The number of rotatable bonds is 3. The number of alkyl halides is 1. The number of likely N-dealkylation sites (tertiary alicyclic amines) is 1. The first-order valence-electron chi connectivity index (χ1n) is 8.50. The molecule has 0 bridgehead atoms. The Morgan fingerprint density at radius 2 is 1.96 bits per heavy atom. The van der Waals surface area contributed by atoms with E-state index in [0.29, 0.717) is 13.0 Å². The van der Waals surface area contributed by atoms with Crippen LogP contribution in [0.3, 0.4) is 0 Å². The molecule has 1 fully saturated rings. The zero-order valence-corrected chi connectivity index (χ0v) is 15.3. The highest BCUT2D eigenvalue weighted by molar-refractivity contribution is 5.69. The van der Waals surface area contributed by atoms with Gasteiger partial charge in [0.2, 0.25) is 0 Å². The Morgan fingerprint density at radius 1 is 1.33 bits per heavy atom. The molecule has 1 saturated heterocycles. The van der Waals surface area contributed by atoms with Crippen molar-refractivity contribution in [3.05, 3.63) is 35.9 Å². The zero-order valence-electron chi connectivity index (χ0n) is 15.3. The fraction of sp³-hybridized carbons (Fsp3) is 0.632. The van der Waals surface area contributed by atoms with Crippen molar-refractivity contribution in [3.8, 4) is 0 Å². The lowest BCUT2D eigenvalue weighted by Crippen LogP contribution is -2.62. The Hall–Kier alpha value is -1.62. The standard InChI is InChI=1S/C19H29FN2O2/c1-18(2,3)24-17(23)22-13-15(20)16(11-19(22,4)5)21-12-14-9-7-6-8-10-14/h6-10,15-16,21H,11-13H2,1-5H3/t15-,16+/m0/s1. The first-order valence-corrected chi connectivity index (χ1v) is 8.50. The number of carbonyl (C=O) groups excluding carboxylic acids is 1. The van der Waals surface area contributed by atoms with Gasteiger partial charge < -0.3 is 15.0 Å². The van der Waals surface area contributed by atoms with Crippen molar-refractivity contribution in [2.75, 3.05) is 6.54 Å². The third-order valence-corrected chi connectivity index (χ3v) is 4.27. The number of hydrogen-bond donors (Lipinski definition) is 1. The minimum absolute atomic E-state index is 0.0500. The minimum Gasteiger partial charge on any atom is -0.444 e. The van der Waals surface area contributed by atoms with Crippen LogP contribution in [-0.2, 0) is 11.3 Å². The van der Waals surface area contributed by atoms with Crippen LogP contribution in [0.25, 0.3) is 0 Å². The van der Waals surface area contributed by atoms with Crippen LogP contribution in [0.4, 0.5) is 9.18 Å². The van der Waals surface area contributed by atoms with Crippen molar-refractivity contribution in [2.24, 2.45) is 0 Å². The molecule has 0 spiro atoms. The summed E-state index contributed by atoms with van der Waals surface area (Å²) >= 11 is 0. The number of nitrogens with zero attached hydrogens (tertiary/aromatic N) is 1. The van der Waals surface area contributed by atoms with Crippen LogP contribution >= 0.6 is 0 Å². The molecule has 0 aliphatic carbocycles. The summed E-state index contributed by atoms with van der Waals surface area (Å²) < 4.78 is 20.1. The highest BCUT2D eigenvalue weighted by Crippen LogP contribution is 2.31. The van der Waals surface area contributed by atoms with Crippen molar-refractivity contribution in [2.45, 2.75) is 70.9 Å². The molecule has 4 nitrogen and oxygen atoms in total. The molecule has 1 heterocycles. The van der Waals surface area contributed by atoms with Crippen LogP contribution in [-0.4, -0.2) is 40.9 Å². The second-order valence-corrected chi connectivity index (χ2v) is 8.10. The predicted molar refractivity (Wildman–Crippen MR) is 93.6 cm³/mol. The molecule has 1 aromatic rings. The lowest BCUT2D eigenvalue weighted by atomic mass is 9.86. The smallest absolute Gasteiger partial charge is 0.410 e. The molecule has 134 valence electrons. The average Bonchev–Trinajstić information content (AvgIpc) is 2.46. The second-order valence-electron chi connectivity index (χ2n) is 8.10. The van der Waals surface area contributed by atoms with Gasteiger partial charge in [0.05, 0.1) is 6.54 Å². The molecule has 1 aromatic carbocycles. The van der Waals surface area contributed by atoms with Crippen LogP contribution in [0.2, 0.25) is 0 Å². The second kappa shape index (κ2) is 7.09. The van der Waals surface area contributed by atoms with Gasteiger partial charge in [0, 0.05) is 18.1 Å². The lowest BCUT2D eigenvalue weighted by molar-refractivity contribution is -0.0288. The fourth-order valence-corrected chi connectivity index (χ4v) is 3.01. The highest BCUT2D eigenvalue weighted by atomic mass is 19.1. The number of hydrogen-bond acceptors (Lipinski definition) is 3. The SMILES string of the molecule is CC(C)(C)OC(=O)N1C[C@H](F)[C@H](NCc2ccccc2)CC1(C)C. The molecule has 0 aromatic heterocycles. The maximum Gasteiger partial charge on any atom is 0.410 e. The van der Waals surface area contributed by atoms with Crippen molar-refractivity contribution in [1.29, 1.82) is 0 Å². The number of nitrogens with one attached hydrogen (secondary N) is 1. The Labute approximate surface area is 144 Å². The van der Waals surface area contributed by atoms with Gasteiger partial charge in [-0.3, -0.25) is 0 Å². The van der Waals surface area contributed by atoms with Gasteiger partial charge in [0.15, 0.2) is 0 Å². The van der Waals surface area contributed by atoms with E-state index in [-0.39, 0.29) is 12.6 Å². The molecule has 1 amide bonds. The molecule has 2 atom stereocenters. The number of benzene rings is 1. The van der Waals surface area contributed by atoms with E-state index in [1.54, 1.807) is 0 Å². The quantitative estimate of drug-likeness (QED) is 0.910. The van der Waals surface area contributed by atoms with Gasteiger partial charge in [-0.05, 0) is 46.6 Å². The first-order chi connectivity index (χ1) is 11.1. The molecule has 0 radical (unpaired) electrons. The van der Waals surface area contributed by atoms with E-state index in [0.717, 1.165) is 5.56 Å². The molecular weight excluding hydrogens is 307 g/mol. The van der Waals surface area contributed by atoms with E-state index in [2.05, 4.69) is 5.32 Å². The maximum atomic E-state index is 14.6. The lowest BCUT2D eigenvalue weighted by Gasteiger charge is -2.47. The van der Waals surface area contributed by atoms with E-state index < -0.39 is 23.4 Å². The number of carbonyl (C=O) groups is 1. The topological polar surface area (TPSA) is 41.6 Å². The first kappa shape index (κ1) is 18.7. The third-order valence-electron chi connectivity index (χ3n) is 4.27. The van der Waals surface area contributed by atoms with Gasteiger partial charge >= 0.3 is 6.09 Å². The monoisotopic (exact) mass is 336 g/mol. The van der Waals surface area contributed by atoms with Crippen LogP contribution in [0.15, 0.2) is 30.3 Å².